The quantitative estimate of drug-likeness (QED) is 0.463. The van der Waals surface area contributed by atoms with E-state index in [1.807, 2.05) is 48.5 Å². The predicted octanol–water partition coefficient (Wildman–Crippen LogP) is 5.84. The number of hydrogen-bond acceptors (Lipinski definition) is 5. The smallest absolute Gasteiger partial charge is 0.336 e. The summed E-state index contributed by atoms with van der Waals surface area (Å²) in [5, 5.41) is 16.1. The first-order valence-corrected chi connectivity index (χ1v) is 12.2. The van der Waals surface area contributed by atoms with Crippen LogP contribution in [0.5, 0.6) is 11.5 Å². The molecule has 0 unspecified atom stereocenters. The van der Waals surface area contributed by atoms with Crippen molar-refractivity contribution in [2.24, 2.45) is 11.0 Å². The molecule has 7 heteroatoms. The van der Waals surface area contributed by atoms with Crippen LogP contribution in [0.4, 0.5) is 0 Å². The van der Waals surface area contributed by atoms with Gasteiger partial charge in [-0.3, -0.25) is 4.79 Å². The number of rotatable bonds is 6. The lowest BCUT2D eigenvalue weighted by Gasteiger charge is -2.30. The number of hydrazone groups is 1. The number of carbonyl (C=O) groups is 2. The molecule has 1 aliphatic carbocycles. The van der Waals surface area contributed by atoms with Gasteiger partial charge in [0.25, 0.3) is 5.91 Å². The average molecular weight is 497 g/mol. The van der Waals surface area contributed by atoms with Crippen LogP contribution in [0.15, 0.2) is 83.5 Å². The molecular weight excluding hydrogens is 468 g/mol. The van der Waals surface area contributed by atoms with E-state index in [-0.39, 0.29) is 23.1 Å². The molecule has 3 aromatic rings. The fourth-order valence-corrected chi connectivity index (χ4v) is 5.18. The largest absolute Gasteiger partial charge is 0.497 e. The van der Waals surface area contributed by atoms with Gasteiger partial charge in [0.05, 0.1) is 37.1 Å². The number of ether oxygens (including phenoxy) is 2. The maximum absolute atomic E-state index is 13.9. The first kappa shape index (κ1) is 24.3. The van der Waals surface area contributed by atoms with E-state index in [0.717, 1.165) is 53.2 Å². The first-order valence-electron chi connectivity index (χ1n) is 12.2. The SMILES string of the molecule is COc1ccc(/C=C2\CCC[C@H]3C2=NN(C(=O)c2ccccc2C(=O)O)[C@H]3c2ccc(OC)cc2)cc1. The first-order chi connectivity index (χ1) is 18.0. The molecule has 1 saturated carbocycles. The van der Waals surface area contributed by atoms with Crippen molar-refractivity contribution >= 4 is 23.7 Å². The van der Waals surface area contributed by atoms with Crippen molar-refractivity contribution in [3.05, 3.63) is 101 Å². The Morgan fingerprint density at radius 1 is 0.919 bits per heavy atom. The minimum Gasteiger partial charge on any atom is -0.497 e. The van der Waals surface area contributed by atoms with Gasteiger partial charge in [-0.1, -0.05) is 36.4 Å². The van der Waals surface area contributed by atoms with Gasteiger partial charge < -0.3 is 14.6 Å². The second-order valence-electron chi connectivity index (χ2n) is 9.15. The number of amides is 1. The van der Waals surface area contributed by atoms with Crippen molar-refractivity contribution in [1.82, 2.24) is 5.01 Å². The summed E-state index contributed by atoms with van der Waals surface area (Å²) in [7, 11) is 3.25. The van der Waals surface area contributed by atoms with E-state index in [1.54, 1.807) is 32.4 Å². The molecule has 1 amide bonds. The van der Waals surface area contributed by atoms with E-state index >= 15 is 0 Å². The summed E-state index contributed by atoms with van der Waals surface area (Å²) in [5.74, 6) is -0.0672. The highest BCUT2D eigenvalue weighted by Crippen LogP contribution is 2.45. The van der Waals surface area contributed by atoms with E-state index in [0.29, 0.717) is 0 Å². The van der Waals surface area contributed by atoms with Crippen molar-refractivity contribution in [3.8, 4) is 11.5 Å². The van der Waals surface area contributed by atoms with Crippen LogP contribution in [0.1, 0.15) is 57.1 Å². The number of carboxylic acids is 1. The van der Waals surface area contributed by atoms with Gasteiger partial charge in [-0.15, -0.1) is 0 Å². The third kappa shape index (κ3) is 4.72. The highest BCUT2D eigenvalue weighted by molar-refractivity contribution is 6.10. The number of hydrogen-bond donors (Lipinski definition) is 1. The van der Waals surface area contributed by atoms with E-state index in [2.05, 4.69) is 6.08 Å². The molecule has 0 aromatic heterocycles. The molecule has 3 aromatic carbocycles. The van der Waals surface area contributed by atoms with Crippen LogP contribution in [-0.4, -0.2) is 41.9 Å². The fraction of sp³-hybridized carbons (Fsp3) is 0.233. The number of benzene rings is 3. The summed E-state index contributed by atoms with van der Waals surface area (Å²) in [5.41, 5.74) is 4.01. The van der Waals surface area contributed by atoms with Gasteiger partial charge in [0.15, 0.2) is 0 Å². The van der Waals surface area contributed by atoms with Crippen LogP contribution in [0.25, 0.3) is 6.08 Å². The number of allylic oxidation sites excluding steroid dienone is 1. The average Bonchev–Trinajstić information content (AvgIpc) is 3.33. The van der Waals surface area contributed by atoms with Gasteiger partial charge in [0, 0.05) is 5.92 Å². The van der Waals surface area contributed by atoms with Gasteiger partial charge in [-0.2, -0.15) is 5.10 Å². The molecule has 0 saturated heterocycles. The lowest BCUT2D eigenvalue weighted by atomic mass is 9.77. The monoisotopic (exact) mass is 496 g/mol. The topological polar surface area (TPSA) is 88.4 Å². The zero-order valence-corrected chi connectivity index (χ0v) is 20.8. The summed E-state index contributed by atoms with van der Waals surface area (Å²) in [4.78, 5) is 25.7. The minimum atomic E-state index is -1.14. The van der Waals surface area contributed by atoms with Crippen LogP contribution in [0.2, 0.25) is 0 Å². The molecular formula is C30H28N2O5. The van der Waals surface area contributed by atoms with Gasteiger partial charge in [0.1, 0.15) is 11.5 Å². The Morgan fingerprint density at radius 3 is 2.16 bits per heavy atom. The predicted molar refractivity (Wildman–Crippen MR) is 141 cm³/mol. The summed E-state index contributed by atoms with van der Waals surface area (Å²) in [6, 6.07) is 21.4. The molecule has 2 atom stereocenters. The second-order valence-corrected chi connectivity index (χ2v) is 9.15. The molecule has 188 valence electrons. The Morgan fingerprint density at radius 2 is 1.54 bits per heavy atom. The third-order valence-corrected chi connectivity index (χ3v) is 7.01. The zero-order chi connectivity index (χ0) is 25.9. The molecule has 0 bridgehead atoms. The number of nitrogens with zero attached hydrogens (tertiary/aromatic N) is 2. The summed E-state index contributed by atoms with van der Waals surface area (Å²) < 4.78 is 10.6. The lowest BCUT2D eigenvalue weighted by Crippen LogP contribution is -2.32. The molecule has 1 N–H and O–H groups in total. The standard InChI is InChI=1S/C30H28N2O5/c1-36-22-14-10-19(11-15-22)18-21-6-5-9-26-27(21)31-32(28(26)20-12-16-23(37-2)17-13-20)29(33)24-7-3-4-8-25(24)30(34)35/h3-4,7-8,10-18,26,28H,5-6,9H2,1-2H3,(H,34,35)/b21-18+/t26-,28-/m0/s1. The second kappa shape index (κ2) is 10.3. The highest BCUT2D eigenvalue weighted by atomic mass is 16.5. The van der Waals surface area contributed by atoms with Crippen LogP contribution in [0.3, 0.4) is 0 Å². The highest BCUT2D eigenvalue weighted by Gasteiger charge is 2.44. The van der Waals surface area contributed by atoms with Crippen molar-refractivity contribution in [3.63, 3.8) is 0 Å². The lowest BCUT2D eigenvalue weighted by molar-refractivity contribution is 0.0646. The van der Waals surface area contributed by atoms with Crippen LogP contribution >= 0.6 is 0 Å². The van der Waals surface area contributed by atoms with Crippen LogP contribution < -0.4 is 9.47 Å². The Kier molecular flexibility index (Phi) is 6.77. The van der Waals surface area contributed by atoms with Crippen LogP contribution in [0, 0.1) is 5.92 Å². The molecule has 1 aliphatic heterocycles. The van der Waals surface area contributed by atoms with Gasteiger partial charge in [0.2, 0.25) is 0 Å². The zero-order valence-electron chi connectivity index (χ0n) is 20.8. The normalized spacial score (nSPS) is 19.8. The van der Waals surface area contributed by atoms with Gasteiger partial charge in [-0.25, -0.2) is 9.80 Å². The summed E-state index contributed by atoms with van der Waals surface area (Å²) in [6.45, 7) is 0. The van der Waals surface area contributed by atoms with Crippen molar-refractivity contribution in [2.75, 3.05) is 14.2 Å². The molecule has 1 fully saturated rings. The maximum Gasteiger partial charge on any atom is 0.336 e. The number of methoxy groups -OCH3 is 2. The third-order valence-electron chi connectivity index (χ3n) is 7.01. The van der Waals surface area contributed by atoms with Crippen molar-refractivity contribution < 1.29 is 24.2 Å². The van der Waals surface area contributed by atoms with Gasteiger partial charge >= 0.3 is 5.97 Å². The number of aromatic carboxylic acids is 1. The van der Waals surface area contributed by atoms with E-state index in [1.165, 1.54) is 11.1 Å². The van der Waals surface area contributed by atoms with Crippen molar-refractivity contribution in [2.45, 2.75) is 25.3 Å². The van der Waals surface area contributed by atoms with E-state index in [4.69, 9.17) is 14.6 Å². The maximum atomic E-state index is 13.9. The molecule has 37 heavy (non-hydrogen) atoms. The Bertz CT molecular complexity index is 1380. The molecule has 0 spiro atoms. The summed E-state index contributed by atoms with van der Waals surface area (Å²) in [6.07, 6.45) is 4.81. The Hall–Kier alpha value is -4.39. The molecule has 7 nitrogen and oxygen atoms in total. The van der Waals surface area contributed by atoms with Gasteiger partial charge in [-0.05, 0) is 78.4 Å². The number of fused-ring (bicyclic) bond motifs is 1. The Balaban J connectivity index is 1.59. The van der Waals surface area contributed by atoms with Crippen LogP contribution in [-0.2, 0) is 0 Å². The number of carboxylic acid groups (broad SMARTS) is 1. The Labute approximate surface area is 215 Å². The van der Waals surface area contributed by atoms with Crippen molar-refractivity contribution in [1.29, 1.82) is 0 Å². The summed E-state index contributed by atoms with van der Waals surface area (Å²) >= 11 is 0. The number of carbonyl (C=O) groups excluding carboxylic acids is 1. The van der Waals surface area contributed by atoms with E-state index in [9.17, 15) is 14.7 Å². The minimum absolute atomic E-state index is 0.00687. The molecule has 1 heterocycles. The van der Waals surface area contributed by atoms with E-state index < -0.39 is 11.9 Å². The molecule has 5 rings (SSSR count). The molecule has 0 radical (unpaired) electrons. The molecule has 2 aliphatic rings. The fourth-order valence-electron chi connectivity index (χ4n) is 5.18.